The SMILES string of the molecule is Cc1ccc(-c2ccc(CNCCc3ccccc3)o2)cc1Cl. The van der Waals surface area contributed by atoms with E-state index >= 15 is 0 Å². The highest BCUT2D eigenvalue weighted by atomic mass is 35.5. The first-order chi connectivity index (χ1) is 11.2. The van der Waals surface area contributed by atoms with E-state index in [1.807, 2.05) is 43.3 Å². The molecule has 0 unspecified atom stereocenters. The fourth-order valence-electron chi connectivity index (χ4n) is 2.46. The van der Waals surface area contributed by atoms with Crippen molar-refractivity contribution in [2.24, 2.45) is 0 Å². The van der Waals surface area contributed by atoms with E-state index in [1.54, 1.807) is 0 Å². The monoisotopic (exact) mass is 325 g/mol. The lowest BCUT2D eigenvalue weighted by Crippen LogP contribution is -2.16. The van der Waals surface area contributed by atoms with Crippen LogP contribution in [0.25, 0.3) is 11.3 Å². The molecule has 118 valence electrons. The van der Waals surface area contributed by atoms with Crippen molar-refractivity contribution in [3.8, 4) is 11.3 Å². The molecule has 3 rings (SSSR count). The minimum Gasteiger partial charge on any atom is -0.460 e. The van der Waals surface area contributed by atoms with Gasteiger partial charge in [0.25, 0.3) is 0 Å². The molecule has 0 amide bonds. The standard InChI is InChI=1S/C20H20ClNO/c1-15-7-8-17(13-19(15)21)20-10-9-18(23-20)14-22-12-11-16-5-3-2-4-6-16/h2-10,13,22H,11-12,14H2,1H3. The minimum atomic E-state index is 0.729. The van der Waals surface area contributed by atoms with Crippen molar-refractivity contribution in [1.82, 2.24) is 5.32 Å². The summed E-state index contributed by atoms with van der Waals surface area (Å²) in [5, 5.41) is 4.18. The summed E-state index contributed by atoms with van der Waals surface area (Å²) in [6, 6.07) is 20.5. The number of hydrogen-bond acceptors (Lipinski definition) is 2. The number of furan rings is 1. The molecule has 0 saturated carbocycles. The van der Waals surface area contributed by atoms with E-state index in [2.05, 4.69) is 29.6 Å². The largest absolute Gasteiger partial charge is 0.460 e. The number of nitrogens with one attached hydrogen (secondary N) is 1. The zero-order valence-electron chi connectivity index (χ0n) is 13.2. The van der Waals surface area contributed by atoms with Gasteiger partial charge in [-0.1, -0.05) is 54.1 Å². The first-order valence-electron chi connectivity index (χ1n) is 7.82. The number of hydrogen-bond donors (Lipinski definition) is 1. The predicted octanol–water partition coefficient (Wildman–Crippen LogP) is 5.24. The predicted molar refractivity (Wildman–Crippen MR) is 95.7 cm³/mol. The third-order valence-corrected chi connectivity index (χ3v) is 4.26. The Labute approximate surface area is 142 Å². The average molecular weight is 326 g/mol. The number of benzene rings is 2. The Morgan fingerprint density at radius 1 is 1.00 bits per heavy atom. The zero-order chi connectivity index (χ0) is 16.1. The Balaban J connectivity index is 1.54. The van der Waals surface area contributed by atoms with Crippen molar-refractivity contribution in [3.63, 3.8) is 0 Å². The van der Waals surface area contributed by atoms with Gasteiger partial charge < -0.3 is 9.73 Å². The van der Waals surface area contributed by atoms with Crippen LogP contribution in [0.1, 0.15) is 16.9 Å². The molecule has 3 aromatic rings. The maximum atomic E-state index is 6.18. The van der Waals surface area contributed by atoms with Crippen molar-refractivity contribution in [3.05, 3.63) is 82.6 Å². The highest BCUT2D eigenvalue weighted by Gasteiger charge is 2.06. The summed E-state index contributed by atoms with van der Waals surface area (Å²) in [7, 11) is 0. The average Bonchev–Trinajstić information content (AvgIpc) is 3.04. The van der Waals surface area contributed by atoms with Crippen LogP contribution >= 0.6 is 11.6 Å². The van der Waals surface area contributed by atoms with Gasteiger partial charge >= 0.3 is 0 Å². The van der Waals surface area contributed by atoms with Crippen LogP contribution in [0.4, 0.5) is 0 Å². The molecule has 3 heteroatoms. The molecule has 1 aromatic heterocycles. The second-order valence-corrected chi connectivity index (χ2v) is 6.05. The molecule has 0 aliphatic rings. The van der Waals surface area contributed by atoms with Gasteiger partial charge in [0.1, 0.15) is 11.5 Å². The molecule has 0 saturated heterocycles. The van der Waals surface area contributed by atoms with Crippen LogP contribution in [-0.4, -0.2) is 6.54 Å². The first-order valence-corrected chi connectivity index (χ1v) is 8.20. The Morgan fingerprint density at radius 3 is 2.61 bits per heavy atom. The molecular weight excluding hydrogens is 306 g/mol. The van der Waals surface area contributed by atoms with E-state index in [-0.39, 0.29) is 0 Å². The Morgan fingerprint density at radius 2 is 1.83 bits per heavy atom. The Hall–Kier alpha value is -2.03. The summed E-state index contributed by atoms with van der Waals surface area (Å²) in [4.78, 5) is 0. The lowest BCUT2D eigenvalue weighted by atomic mass is 10.1. The quantitative estimate of drug-likeness (QED) is 0.627. The summed E-state index contributed by atoms with van der Waals surface area (Å²) in [6.07, 6.45) is 1.02. The molecule has 0 aliphatic heterocycles. The van der Waals surface area contributed by atoms with Gasteiger partial charge in [0.05, 0.1) is 6.54 Å². The molecule has 1 heterocycles. The van der Waals surface area contributed by atoms with Crippen molar-refractivity contribution in [2.75, 3.05) is 6.54 Å². The van der Waals surface area contributed by atoms with Gasteiger partial charge in [0.15, 0.2) is 0 Å². The van der Waals surface area contributed by atoms with E-state index in [4.69, 9.17) is 16.0 Å². The second kappa shape index (κ2) is 7.49. The van der Waals surface area contributed by atoms with E-state index < -0.39 is 0 Å². The van der Waals surface area contributed by atoms with Gasteiger partial charge in [-0.15, -0.1) is 0 Å². The van der Waals surface area contributed by atoms with Crippen molar-refractivity contribution < 1.29 is 4.42 Å². The van der Waals surface area contributed by atoms with Crippen molar-refractivity contribution >= 4 is 11.6 Å². The number of aryl methyl sites for hydroxylation is 1. The van der Waals surface area contributed by atoms with Crippen LogP contribution in [-0.2, 0) is 13.0 Å². The maximum absolute atomic E-state index is 6.18. The Kier molecular flexibility index (Phi) is 5.16. The van der Waals surface area contributed by atoms with Crippen LogP contribution in [0, 0.1) is 6.92 Å². The number of halogens is 1. The highest BCUT2D eigenvalue weighted by molar-refractivity contribution is 6.31. The smallest absolute Gasteiger partial charge is 0.134 e. The van der Waals surface area contributed by atoms with E-state index in [1.165, 1.54) is 5.56 Å². The van der Waals surface area contributed by atoms with Gasteiger partial charge in [-0.2, -0.15) is 0 Å². The van der Waals surface area contributed by atoms with E-state index in [0.717, 1.165) is 47.2 Å². The van der Waals surface area contributed by atoms with Crippen LogP contribution in [0.3, 0.4) is 0 Å². The molecule has 2 nitrogen and oxygen atoms in total. The summed E-state index contributed by atoms with van der Waals surface area (Å²) < 4.78 is 5.90. The van der Waals surface area contributed by atoms with Gasteiger partial charge in [0.2, 0.25) is 0 Å². The molecule has 2 aromatic carbocycles. The minimum absolute atomic E-state index is 0.729. The van der Waals surface area contributed by atoms with Crippen LogP contribution in [0.2, 0.25) is 5.02 Å². The summed E-state index contributed by atoms with van der Waals surface area (Å²) in [6.45, 7) is 3.65. The van der Waals surface area contributed by atoms with Gasteiger partial charge in [-0.05, 0) is 49.2 Å². The third kappa shape index (κ3) is 4.25. The molecule has 0 aliphatic carbocycles. The van der Waals surface area contributed by atoms with Crippen LogP contribution in [0.15, 0.2) is 65.1 Å². The molecule has 0 bridgehead atoms. The lowest BCUT2D eigenvalue weighted by Gasteiger charge is -2.04. The molecule has 0 atom stereocenters. The summed E-state index contributed by atoms with van der Waals surface area (Å²) in [5.41, 5.74) is 3.43. The van der Waals surface area contributed by atoms with Gasteiger partial charge in [-0.25, -0.2) is 0 Å². The first kappa shape index (κ1) is 15.9. The molecule has 0 radical (unpaired) electrons. The van der Waals surface area contributed by atoms with Gasteiger partial charge in [0, 0.05) is 10.6 Å². The van der Waals surface area contributed by atoms with Crippen LogP contribution in [0.5, 0.6) is 0 Å². The molecule has 0 spiro atoms. The summed E-state index contributed by atoms with van der Waals surface area (Å²) in [5.74, 6) is 1.79. The maximum Gasteiger partial charge on any atom is 0.134 e. The topological polar surface area (TPSA) is 25.2 Å². The normalized spacial score (nSPS) is 10.9. The highest BCUT2D eigenvalue weighted by Crippen LogP contribution is 2.26. The van der Waals surface area contributed by atoms with E-state index in [0.29, 0.717) is 0 Å². The van der Waals surface area contributed by atoms with Crippen molar-refractivity contribution in [2.45, 2.75) is 19.9 Å². The lowest BCUT2D eigenvalue weighted by molar-refractivity contribution is 0.495. The zero-order valence-corrected chi connectivity index (χ0v) is 13.9. The molecular formula is C20H20ClNO. The van der Waals surface area contributed by atoms with Gasteiger partial charge in [-0.3, -0.25) is 0 Å². The second-order valence-electron chi connectivity index (χ2n) is 5.64. The number of rotatable bonds is 6. The fraction of sp³-hybridized carbons (Fsp3) is 0.200. The fourth-order valence-corrected chi connectivity index (χ4v) is 2.64. The molecule has 0 fully saturated rings. The molecule has 23 heavy (non-hydrogen) atoms. The van der Waals surface area contributed by atoms with Crippen molar-refractivity contribution in [1.29, 1.82) is 0 Å². The summed E-state index contributed by atoms with van der Waals surface area (Å²) >= 11 is 6.18. The van der Waals surface area contributed by atoms with E-state index in [9.17, 15) is 0 Å². The Bertz CT molecular complexity index is 764. The third-order valence-electron chi connectivity index (χ3n) is 3.85. The van der Waals surface area contributed by atoms with Crippen LogP contribution < -0.4 is 5.32 Å². The molecule has 1 N–H and O–H groups in total.